The molecule has 0 aromatic heterocycles. The number of ether oxygens (including phenoxy) is 2. The molecule has 7 nitrogen and oxygen atoms in total. The summed E-state index contributed by atoms with van der Waals surface area (Å²) < 4.78 is 35.6. The molecule has 0 heterocycles. The van der Waals surface area contributed by atoms with Crippen LogP contribution in [-0.2, 0) is 14.8 Å². The number of sulfonamides is 1. The van der Waals surface area contributed by atoms with E-state index in [9.17, 15) is 13.2 Å². The lowest BCUT2D eigenvalue weighted by Crippen LogP contribution is -2.29. The van der Waals surface area contributed by atoms with E-state index in [0.29, 0.717) is 0 Å². The van der Waals surface area contributed by atoms with Crippen LogP contribution in [0.25, 0.3) is 0 Å². The lowest BCUT2D eigenvalue weighted by molar-refractivity contribution is -0.135. The van der Waals surface area contributed by atoms with Crippen LogP contribution in [0, 0.1) is 0 Å². The molecular formula is C10H12ClNO6S. The Morgan fingerprint density at radius 3 is 2.32 bits per heavy atom. The second-order valence-corrected chi connectivity index (χ2v) is 5.50. The monoisotopic (exact) mass is 309 g/mol. The smallest absolute Gasteiger partial charge is 0.318 e. The molecule has 2 N–H and O–H groups in total. The molecule has 0 aliphatic rings. The van der Waals surface area contributed by atoms with E-state index < -0.39 is 22.5 Å². The fourth-order valence-electron chi connectivity index (χ4n) is 1.28. The van der Waals surface area contributed by atoms with Crippen LogP contribution in [0.4, 0.5) is 0 Å². The van der Waals surface area contributed by atoms with Crippen LogP contribution in [0.2, 0.25) is 5.02 Å². The van der Waals surface area contributed by atoms with Crippen molar-refractivity contribution in [2.75, 3.05) is 20.8 Å². The van der Waals surface area contributed by atoms with Crippen LogP contribution in [0.1, 0.15) is 0 Å². The molecule has 9 heteroatoms. The topological polar surface area (TPSA) is 102 Å². The summed E-state index contributed by atoms with van der Waals surface area (Å²) in [5.41, 5.74) is 0. The van der Waals surface area contributed by atoms with Gasteiger partial charge in [0.05, 0.1) is 19.2 Å². The molecule has 0 spiro atoms. The van der Waals surface area contributed by atoms with Gasteiger partial charge in [-0.3, -0.25) is 4.79 Å². The van der Waals surface area contributed by atoms with Gasteiger partial charge in [0.15, 0.2) is 11.5 Å². The molecule has 1 rings (SSSR count). The van der Waals surface area contributed by atoms with Gasteiger partial charge in [-0.2, -0.15) is 4.72 Å². The number of benzene rings is 1. The van der Waals surface area contributed by atoms with Crippen molar-refractivity contribution in [2.24, 2.45) is 0 Å². The summed E-state index contributed by atoms with van der Waals surface area (Å²) in [6, 6.07) is 2.43. The summed E-state index contributed by atoms with van der Waals surface area (Å²) >= 11 is 5.83. The van der Waals surface area contributed by atoms with Crippen molar-refractivity contribution in [1.82, 2.24) is 4.72 Å². The minimum Gasteiger partial charge on any atom is -0.493 e. The molecule has 0 saturated heterocycles. The normalized spacial score (nSPS) is 11.1. The second kappa shape index (κ2) is 6.09. The molecule has 19 heavy (non-hydrogen) atoms. The summed E-state index contributed by atoms with van der Waals surface area (Å²) in [5.74, 6) is -0.868. The Bertz CT molecular complexity index is 586. The zero-order valence-electron chi connectivity index (χ0n) is 10.1. The Balaban J connectivity index is 3.23. The largest absolute Gasteiger partial charge is 0.493 e. The van der Waals surface area contributed by atoms with Crippen molar-refractivity contribution >= 4 is 27.6 Å². The van der Waals surface area contributed by atoms with E-state index in [1.54, 1.807) is 0 Å². The van der Waals surface area contributed by atoms with E-state index in [4.69, 9.17) is 26.2 Å². The van der Waals surface area contributed by atoms with Crippen molar-refractivity contribution in [3.63, 3.8) is 0 Å². The number of halogens is 1. The number of rotatable bonds is 6. The van der Waals surface area contributed by atoms with Gasteiger partial charge in [0.25, 0.3) is 0 Å². The highest BCUT2D eigenvalue weighted by Gasteiger charge is 2.22. The zero-order valence-corrected chi connectivity index (χ0v) is 11.7. The molecule has 0 bridgehead atoms. The predicted molar refractivity (Wildman–Crippen MR) is 67.4 cm³/mol. The number of hydrogen-bond acceptors (Lipinski definition) is 5. The number of nitrogens with one attached hydrogen (secondary N) is 1. The first kappa shape index (κ1) is 15.5. The summed E-state index contributed by atoms with van der Waals surface area (Å²) in [6.45, 7) is -0.743. The molecule has 0 unspecified atom stereocenters. The summed E-state index contributed by atoms with van der Waals surface area (Å²) in [7, 11) is -1.32. The fourth-order valence-corrected chi connectivity index (χ4v) is 2.78. The minimum absolute atomic E-state index is 0.101. The zero-order chi connectivity index (χ0) is 14.6. The Morgan fingerprint density at radius 1 is 1.32 bits per heavy atom. The summed E-state index contributed by atoms with van der Waals surface area (Å²) in [5, 5.41) is 8.37. The maximum atomic E-state index is 11.9. The maximum Gasteiger partial charge on any atom is 0.318 e. The fraction of sp³-hybridized carbons (Fsp3) is 0.300. The Hall–Kier alpha value is -1.51. The second-order valence-electron chi connectivity index (χ2n) is 3.36. The van der Waals surface area contributed by atoms with E-state index in [2.05, 4.69) is 0 Å². The van der Waals surface area contributed by atoms with E-state index in [1.807, 2.05) is 4.72 Å². The predicted octanol–water partition coefficient (Wildman–Crippen LogP) is 0.720. The number of methoxy groups -OCH3 is 2. The molecule has 0 atom stereocenters. The van der Waals surface area contributed by atoms with Gasteiger partial charge in [0.2, 0.25) is 10.0 Å². The van der Waals surface area contributed by atoms with E-state index >= 15 is 0 Å². The van der Waals surface area contributed by atoms with Crippen molar-refractivity contribution in [1.29, 1.82) is 0 Å². The highest BCUT2D eigenvalue weighted by Crippen LogP contribution is 2.35. The SMILES string of the molecule is COc1cc(Cl)c(S(=O)(=O)NCC(=O)O)cc1OC. The van der Waals surface area contributed by atoms with Crippen molar-refractivity contribution in [3.05, 3.63) is 17.2 Å². The number of carboxylic acid groups (broad SMARTS) is 1. The third-order valence-electron chi connectivity index (χ3n) is 2.14. The molecule has 0 amide bonds. The molecule has 0 saturated carbocycles. The molecule has 1 aromatic carbocycles. The number of hydrogen-bond donors (Lipinski definition) is 2. The van der Waals surface area contributed by atoms with Gasteiger partial charge in [-0.1, -0.05) is 11.6 Å². The van der Waals surface area contributed by atoms with Crippen LogP contribution in [0.15, 0.2) is 17.0 Å². The minimum atomic E-state index is -4.04. The van der Waals surface area contributed by atoms with E-state index in [0.717, 1.165) is 6.07 Å². The molecular weight excluding hydrogens is 298 g/mol. The third-order valence-corrected chi connectivity index (χ3v) is 4.01. The Morgan fingerprint density at radius 2 is 1.84 bits per heavy atom. The molecule has 0 aliphatic carbocycles. The van der Waals surface area contributed by atoms with Gasteiger partial charge in [-0.05, 0) is 0 Å². The van der Waals surface area contributed by atoms with Crippen LogP contribution < -0.4 is 14.2 Å². The lowest BCUT2D eigenvalue weighted by atomic mass is 10.3. The van der Waals surface area contributed by atoms with Crippen molar-refractivity contribution in [3.8, 4) is 11.5 Å². The van der Waals surface area contributed by atoms with Gasteiger partial charge in [0, 0.05) is 12.1 Å². The van der Waals surface area contributed by atoms with Gasteiger partial charge in [0.1, 0.15) is 11.4 Å². The van der Waals surface area contributed by atoms with E-state index in [-0.39, 0.29) is 21.4 Å². The van der Waals surface area contributed by atoms with Crippen LogP contribution in [0.5, 0.6) is 11.5 Å². The van der Waals surface area contributed by atoms with Gasteiger partial charge >= 0.3 is 5.97 Å². The van der Waals surface area contributed by atoms with Crippen molar-refractivity contribution < 1.29 is 27.8 Å². The quantitative estimate of drug-likeness (QED) is 0.803. The molecule has 0 fully saturated rings. The highest BCUT2D eigenvalue weighted by atomic mass is 35.5. The first-order valence-corrected chi connectivity index (χ1v) is 6.81. The van der Waals surface area contributed by atoms with Gasteiger partial charge in [-0.25, -0.2) is 8.42 Å². The first-order chi connectivity index (χ1) is 8.81. The molecule has 0 aliphatic heterocycles. The van der Waals surface area contributed by atoms with Gasteiger partial charge in [-0.15, -0.1) is 0 Å². The standard InChI is InChI=1S/C10H12ClNO6S/c1-17-7-3-6(11)9(4-8(7)18-2)19(15,16)12-5-10(13)14/h3-4,12H,5H2,1-2H3,(H,13,14). The van der Waals surface area contributed by atoms with Crippen LogP contribution in [-0.4, -0.2) is 40.3 Å². The average Bonchev–Trinajstić information content (AvgIpc) is 2.35. The molecule has 106 valence electrons. The highest BCUT2D eigenvalue weighted by molar-refractivity contribution is 7.89. The Kier molecular flexibility index (Phi) is 4.98. The summed E-state index contributed by atoms with van der Waals surface area (Å²) in [6.07, 6.45) is 0. The lowest BCUT2D eigenvalue weighted by Gasteiger charge is -2.12. The van der Waals surface area contributed by atoms with Crippen molar-refractivity contribution in [2.45, 2.75) is 4.90 Å². The molecule has 1 aromatic rings. The average molecular weight is 310 g/mol. The maximum absolute atomic E-state index is 11.9. The number of carbonyl (C=O) groups is 1. The first-order valence-electron chi connectivity index (χ1n) is 4.94. The summed E-state index contributed by atoms with van der Waals surface area (Å²) in [4.78, 5) is 10.1. The van der Waals surface area contributed by atoms with Gasteiger partial charge < -0.3 is 14.6 Å². The molecule has 0 radical (unpaired) electrons. The van der Waals surface area contributed by atoms with Crippen LogP contribution in [0.3, 0.4) is 0 Å². The van der Waals surface area contributed by atoms with Crippen LogP contribution >= 0.6 is 11.6 Å². The number of aliphatic carboxylic acids is 1. The van der Waals surface area contributed by atoms with E-state index in [1.165, 1.54) is 20.3 Å². The third kappa shape index (κ3) is 3.72. The Labute approximate surface area is 115 Å². The number of carboxylic acids is 1.